The number of ketones is 1. The second-order valence-electron chi connectivity index (χ2n) is 4.87. The van der Waals surface area contributed by atoms with E-state index in [-0.39, 0.29) is 12.6 Å². The van der Waals surface area contributed by atoms with E-state index in [0.29, 0.717) is 23.7 Å². The van der Waals surface area contributed by atoms with Crippen molar-refractivity contribution >= 4 is 11.5 Å². The zero-order valence-electron chi connectivity index (χ0n) is 12.7. The summed E-state index contributed by atoms with van der Waals surface area (Å²) in [6.45, 7) is 2.77. The Morgan fingerprint density at radius 2 is 1.96 bits per heavy atom. The Balaban J connectivity index is 1.60. The number of fused-ring (bicyclic) bond motifs is 1. The van der Waals surface area contributed by atoms with Crippen LogP contribution in [0.3, 0.4) is 0 Å². The third kappa shape index (κ3) is 3.63. The highest BCUT2D eigenvalue weighted by atomic mass is 16.7. The van der Waals surface area contributed by atoms with Crippen molar-refractivity contribution in [3.63, 3.8) is 0 Å². The molecule has 0 radical (unpaired) electrons. The van der Waals surface area contributed by atoms with Gasteiger partial charge in [-0.05, 0) is 49.4 Å². The van der Waals surface area contributed by atoms with Crippen molar-refractivity contribution in [2.45, 2.75) is 6.92 Å². The lowest BCUT2D eigenvalue weighted by Crippen LogP contribution is -1.97. The fraction of sp³-hybridized carbons (Fsp3) is 0.167. The molecule has 1 N–H and O–H groups in total. The maximum atomic E-state index is 12.1. The number of ether oxygens (including phenoxy) is 3. The van der Waals surface area contributed by atoms with Crippen molar-refractivity contribution in [3.05, 3.63) is 60.3 Å². The van der Waals surface area contributed by atoms with Crippen LogP contribution >= 0.6 is 0 Å². The van der Waals surface area contributed by atoms with Crippen molar-refractivity contribution < 1.29 is 19.0 Å². The second-order valence-corrected chi connectivity index (χ2v) is 4.87. The number of benzene rings is 2. The summed E-state index contributed by atoms with van der Waals surface area (Å²) in [6.07, 6.45) is 3.09. The first kappa shape index (κ1) is 15.0. The van der Waals surface area contributed by atoms with E-state index in [1.165, 1.54) is 6.08 Å². The van der Waals surface area contributed by atoms with E-state index in [0.717, 1.165) is 11.4 Å². The van der Waals surface area contributed by atoms with Gasteiger partial charge in [-0.25, -0.2) is 0 Å². The van der Waals surface area contributed by atoms with Crippen molar-refractivity contribution in [2.24, 2.45) is 0 Å². The van der Waals surface area contributed by atoms with E-state index in [4.69, 9.17) is 14.2 Å². The SMILES string of the molecule is CCOc1ccc(N/C=C\C(=O)c2ccc3c(c2)OCO3)cc1. The summed E-state index contributed by atoms with van der Waals surface area (Å²) in [4.78, 5) is 12.1. The van der Waals surface area contributed by atoms with Crippen LogP contribution in [0.4, 0.5) is 5.69 Å². The van der Waals surface area contributed by atoms with Crippen molar-refractivity contribution in [1.29, 1.82) is 0 Å². The molecule has 23 heavy (non-hydrogen) atoms. The topological polar surface area (TPSA) is 56.8 Å². The molecule has 0 amide bonds. The molecule has 0 bridgehead atoms. The minimum Gasteiger partial charge on any atom is -0.494 e. The van der Waals surface area contributed by atoms with Gasteiger partial charge in [0.05, 0.1) is 6.61 Å². The lowest BCUT2D eigenvalue weighted by molar-refractivity contribution is 0.104. The van der Waals surface area contributed by atoms with Crippen LogP contribution < -0.4 is 19.5 Å². The Bertz CT molecular complexity index is 722. The average molecular weight is 311 g/mol. The van der Waals surface area contributed by atoms with Gasteiger partial charge in [0.1, 0.15) is 5.75 Å². The van der Waals surface area contributed by atoms with Gasteiger partial charge in [-0.1, -0.05) is 0 Å². The molecule has 3 rings (SSSR count). The van der Waals surface area contributed by atoms with E-state index in [1.807, 2.05) is 31.2 Å². The molecule has 118 valence electrons. The first-order chi connectivity index (χ1) is 11.3. The fourth-order valence-electron chi connectivity index (χ4n) is 2.17. The first-order valence-corrected chi connectivity index (χ1v) is 7.36. The second kappa shape index (κ2) is 6.87. The van der Waals surface area contributed by atoms with Gasteiger partial charge >= 0.3 is 0 Å². The molecule has 0 aliphatic carbocycles. The molecule has 1 aliphatic rings. The molecular formula is C18H17NO4. The largest absolute Gasteiger partial charge is 0.494 e. The zero-order chi connectivity index (χ0) is 16.1. The summed E-state index contributed by atoms with van der Waals surface area (Å²) >= 11 is 0. The average Bonchev–Trinajstić information content (AvgIpc) is 3.04. The number of nitrogens with one attached hydrogen (secondary N) is 1. The summed E-state index contributed by atoms with van der Waals surface area (Å²) in [5, 5.41) is 3.05. The summed E-state index contributed by atoms with van der Waals surface area (Å²) in [5.41, 5.74) is 1.43. The van der Waals surface area contributed by atoms with Crippen molar-refractivity contribution in [3.8, 4) is 17.2 Å². The van der Waals surface area contributed by atoms with E-state index in [1.54, 1.807) is 24.4 Å². The number of hydrogen-bond acceptors (Lipinski definition) is 5. The number of carbonyl (C=O) groups excluding carboxylic acids is 1. The molecule has 0 atom stereocenters. The molecule has 0 aromatic heterocycles. The zero-order valence-corrected chi connectivity index (χ0v) is 12.7. The van der Waals surface area contributed by atoms with Gasteiger partial charge in [-0.3, -0.25) is 4.79 Å². The van der Waals surface area contributed by atoms with E-state index >= 15 is 0 Å². The van der Waals surface area contributed by atoms with Crippen LogP contribution in [0.1, 0.15) is 17.3 Å². The van der Waals surface area contributed by atoms with Crippen LogP contribution in [0, 0.1) is 0 Å². The maximum absolute atomic E-state index is 12.1. The predicted octanol–water partition coefficient (Wildman–Crippen LogP) is 3.62. The summed E-state index contributed by atoms with van der Waals surface area (Å²) in [7, 11) is 0. The van der Waals surface area contributed by atoms with Gasteiger partial charge in [-0.15, -0.1) is 0 Å². The Morgan fingerprint density at radius 1 is 1.17 bits per heavy atom. The number of hydrogen-bond donors (Lipinski definition) is 1. The minimum absolute atomic E-state index is 0.110. The highest BCUT2D eigenvalue weighted by molar-refractivity contribution is 6.05. The third-order valence-electron chi connectivity index (χ3n) is 3.31. The standard InChI is InChI=1S/C18H17NO4/c1-2-21-15-6-4-14(5-7-15)19-10-9-16(20)13-3-8-17-18(11-13)23-12-22-17/h3-11,19H,2,12H2,1H3/b10-9-. The number of anilines is 1. The van der Waals surface area contributed by atoms with Gasteiger partial charge in [0, 0.05) is 23.5 Å². The van der Waals surface area contributed by atoms with E-state index < -0.39 is 0 Å². The van der Waals surface area contributed by atoms with Crippen LogP contribution in [-0.2, 0) is 0 Å². The van der Waals surface area contributed by atoms with Crippen LogP contribution in [0.5, 0.6) is 17.2 Å². The molecule has 2 aromatic carbocycles. The summed E-state index contributed by atoms with van der Waals surface area (Å²) in [5.74, 6) is 1.97. The molecule has 1 aliphatic heterocycles. The quantitative estimate of drug-likeness (QED) is 0.652. The Morgan fingerprint density at radius 3 is 2.74 bits per heavy atom. The van der Waals surface area contributed by atoms with Crippen molar-refractivity contribution in [2.75, 3.05) is 18.7 Å². The number of carbonyl (C=O) groups is 1. The first-order valence-electron chi connectivity index (χ1n) is 7.36. The lowest BCUT2D eigenvalue weighted by atomic mass is 10.1. The molecule has 2 aromatic rings. The van der Waals surface area contributed by atoms with Gasteiger partial charge in [0.25, 0.3) is 0 Å². The predicted molar refractivity (Wildman–Crippen MR) is 87.3 cm³/mol. The maximum Gasteiger partial charge on any atom is 0.231 e. The molecule has 0 unspecified atom stereocenters. The Kier molecular flexibility index (Phi) is 4.47. The fourth-order valence-corrected chi connectivity index (χ4v) is 2.17. The molecule has 1 heterocycles. The highest BCUT2D eigenvalue weighted by Crippen LogP contribution is 2.32. The molecule has 5 nitrogen and oxygen atoms in total. The highest BCUT2D eigenvalue weighted by Gasteiger charge is 2.14. The van der Waals surface area contributed by atoms with Crippen molar-refractivity contribution in [1.82, 2.24) is 0 Å². The number of allylic oxidation sites excluding steroid dienone is 1. The monoisotopic (exact) mass is 311 g/mol. The molecule has 0 saturated carbocycles. The smallest absolute Gasteiger partial charge is 0.231 e. The molecular weight excluding hydrogens is 294 g/mol. The Labute approximate surface area is 134 Å². The summed E-state index contributed by atoms with van der Waals surface area (Å²) < 4.78 is 15.9. The van der Waals surface area contributed by atoms with Gasteiger partial charge < -0.3 is 19.5 Å². The minimum atomic E-state index is -0.110. The molecule has 0 spiro atoms. The third-order valence-corrected chi connectivity index (χ3v) is 3.31. The molecule has 0 fully saturated rings. The molecule has 5 heteroatoms. The van der Waals surface area contributed by atoms with E-state index in [2.05, 4.69) is 5.32 Å². The van der Waals surface area contributed by atoms with Gasteiger partial charge in [-0.2, -0.15) is 0 Å². The normalized spacial score (nSPS) is 12.4. The summed E-state index contributed by atoms with van der Waals surface area (Å²) in [6, 6.07) is 12.7. The lowest BCUT2D eigenvalue weighted by Gasteiger charge is -2.04. The Hall–Kier alpha value is -2.95. The van der Waals surface area contributed by atoms with Crippen LogP contribution in [0.15, 0.2) is 54.7 Å². The van der Waals surface area contributed by atoms with E-state index in [9.17, 15) is 4.79 Å². The van der Waals surface area contributed by atoms with Crippen LogP contribution in [0.25, 0.3) is 0 Å². The molecule has 0 saturated heterocycles. The van der Waals surface area contributed by atoms with Crippen LogP contribution in [0.2, 0.25) is 0 Å². The van der Waals surface area contributed by atoms with Gasteiger partial charge in [0.15, 0.2) is 17.3 Å². The van der Waals surface area contributed by atoms with Gasteiger partial charge in [0.2, 0.25) is 6.79 Å². The van der Waals surface area contributed by atoms with Crippen LogP contribution in [-0.4, -0.2) is 19.2 Å². The number of rotatable bonds is 6.